The number of hydrogen-bond acceptors (Lipinski definition) is 4. The van der Waals surface area contributed by atoms with Crippen LogP contribution in [-0.4, -0.2) is 57.1 Å². The number of ketones is 2. The second-order valence-corrected chi connectivity index (χ2v) is 15.8. The summed E-state index contributed by atoms with van der Waals surface area (Å²) in [6, 6.07) is 0.156. The van der Waals surface area contributed by atoms with Crippen molar-refractivity contribution in [1.82, 2.24) is 9.80 Å². The molecular formula is C32H56N2O2. The van der Waals surface area contributed by atoms with Crippen molar-refractivity contribution >= 4 is 11.6 Å². The van der Waals surface area contributed by atoms with Gasteiger partial charge in [0, 0.05) is 27.9 Å². The fourth-order valence-corrected chi connectivity index (χ4v) is 7.88. The molecule has 6 atom stereocenters. The maximum absolute atomic E-state index is 14.5. The van der Waals surface area contributed by atoms with Crippen molar-refractivity contribution in [2.24, 2.45) is 28.6 Å². The minimum absolute atomic E-state index is 0.0422. The first-order valence-electron chi connectivity index (χ1n) is 14.6. The normalized spacial score (nSPS) is 32.6. The summed E-state index contributed by atoms with van der Waals surface area (Å²) in [5.74, 6) is 2.01. The summed E-state index contributed by atoms with van der Waals surface area (Å²) >= 11 is 0. The lowest BCUT2D eigenvalue weighted by Gasteiger charge is -2.46. The van der Waals surface area contributed by atoms with Crippen molar-refractivity contribution in [2.75, 3.05) is 6.54 Å². The largest absolute Gasteiger partial charge is 0.297 e. The molecule has 0 aromatic carbocycles. The molecule has 2 heterocycles. The Bertz CT molecular complexity index is 838. The number of allylic oxidation sites excluding steroid dienone is 1. The third-order valence-electron chi connectivity index (χ3n) is 9.47. The van der Waals surface area contributed by atoms with E-state index < -0.39 is 5.41 Å². The van der Waals surface area contributed by atoms with Gasteiger partial charge in [0.05, 0.1) is 12.1 Å². The number of nitrogens with zero attached hydrogens (tertiary/aromatic N) is 2. The van der Waals surface area contributed by atoms with E-state index >= 15 is 0 Å². The van der Waals surface area contributed by atoms with Crippen LogP contribution in [0.2, 0.25) is 0 Å². The zero-order valence-corrected chi connectivity index (χ0v) is 25.4. The minimum atomic E-state index is -0.459. The Labute approximate surface area is 222 Å². The number of hydrogen-bond donors (Lipinski definition) is 0. The fourth-order valence-electron chi connectivity index (χ4n) is 7.88. The third kappa shape index (κ3) is 5.55. The monoisotopic (exact) mass is 500 g/mol. The lowest BCUT2D eigenvalue weighted by molar-refractivity contribution is -0.137. The number of carbonyl (C=O) groups is 2. The van der Waals surface area contributed by atoms with Crippen LogP contribution in [0, 0.1) is 28.6 Å². The van der Waals surface area contributed by atoms with E-state index in [1.165, 1.54) is 12.8 Å². The van der Waals surface area contributed by atoms with E-state index in [0.717, 1.165) is 32.2 Å². The Balaban J connectivity index is 1.97. The molecule has 3 rings (SSSR count). The van der Waals surface area contributed by atoms with Gasteiger partial charge in [-0.25, -0.2) is 0 Å². The molecule has 3 fully saturated rings. The third-order valence-corrected chi connectivity index (χ3v) is 9.47. The van der Waals surface area contributed by atoms with E-state index in [2.05, 4.69) is 92.5 Å². The van der Waals surface area contributed by atoms with Gasteiger partial charge in [-0.15, -0.1) is 6.58 Å². The number of rotatable bonds is 7. The Morgan fingerprint density at radius 2 is 1.39 bits per heavy atom. The van der Waals surface area contributed by atoms with Crippen LogP contribution in [0.5, 0.6) is 0 Å². The lowest BCUT2D eigenvalue weighted by Crippen LogP contribution is -2.57. The molecule has 0 amide bonds. The van der Waals surface area contributed by atoms with Gasteiger partial charge in [0.15, 0.2) is 11.6 Å². The first-order valence-corrected chi connectivity index (χ1v) is 14.6. The number of carbonyl (C=O) groups excluding carboxylic acids is 2. The molecular weight excluding hydrogens is 444 g/mol. The summed E-state index contributed by atoms with van der Waals surface area (Å²) in [5.41, 5.74) is -0.997. The number of likely N-dealkylation sites (tertiary alicyclic amines) is 2. The first kappa shape index (κ1) is 29.6. The molecule has 0 bridgehead atoms. The molecule has 0 radical (unpaired) electrons. The first-order chi connectivity index (χ1) is 16.3. The molecule has 0 spiro atoms. The predicted octanol–water partition coefficient (Wildman–Crippen LogP) is 6.92. The van der Waals surface area contributed by atoms with Crippen molar-refractivity contribution in [3.8, 4) is 0 Å². The van der Waals surface area contributed by atoms with Crippen molar-refractivity contribution in [2.45, 2.75) is 144 Å². The van der Waals surface area contributed by atoms with Gasteiger partial charge < -0.3 is 0 Å². The fraction of sp³-hybridized carbons (Fsp3) is 0.875. The second-order valence-electron chi connectivity index (χ2n) is 15.8. The molecule has 0 aromatic rings. The van der Waals surface area contributed by atoms with E-state index in [1.807, 2.05) is 6.08 Å². The van der Waals surface area contributed by atoms with E-state index in [4.69, 9.17) is 0 Å². The Morgan fingerprint density at radius 1 is 0.806 bits per heavy atom. The summed E-state index contributed by atoms with van der Waals surface area (Å²) in [6.07, 6.45) is 8.28. The molecule has 36 heavy (non-hydrogen) atoms. The molecule has 4 nitrogen and oxygen atoms in total. The lowest BCUT2D eigenvalue weighted by atomic mass is 9.72. The molecule has 2 aliphatic heterocycles. The summed E-state index contributed by atoms with van der Waals surface area (Å²) < 4.78 is 0. The maximum atomic E-state index is 14.5. The van der Waals surface area contributed by atoms with Crippen LogP contribution in [0.1, 0.15) is 115 Å². The van der Waals surface area contributed by atoms with Gasteiger partial charge in [0.2, 0.25) is 0 Å². The Hall–Kier alpha value is -1.00. The Kier molecular flexibility index (Phi) is 8.17. The molecule has 1 saturated carbocycles. The summed E-state index contributed by atoms with van der Waals surface area (Å²) in [6.45, 7) is 29.0. The van der Waals surface area contributed by atoms with Crippen LogP contribution in [-0.2, 0) is 9.59 Å². The highest BCUT2D eigenvalue weighted by Gasteiger charge is 2.59. The van der Waals surface area contributed by atoms with Crippen LogP contribution >= 0.6 is 0 Å². The summed E-state index contributed by atoms with van der Waals surface area (Å²) in [7, 11) is 0. The zero-order chi connectivity index (χ0) is 27.4. The van der Waals surface area contributed by atoms with Gasteiger partial charge in [-0.3, -0.25) is 19.4 Å². The second kappa shape index (κ2) is 9.95. The van der Waals surface area contributed by atoms with E-state index in [9.17, 15) is 9.59 Å². The van der Waals surface area contributed by atoms with Crippen LogP contribution < -0.4 is 0 Å². The van der Waals surface area contributed by atoms with Crippen LogP contribution in [0.4, 0.5) is 0 Å². The predicted molar refractivity (Wildman–Crippen MR) is 151 cm³/mol. The molecule has 0 aromatic heterocycles. The molecule has 4 heteroatoms. The van der Waals surface area contributed by atoms with Gasteiger partial charge in [0.25, 0.3) is 0 Å². The summed E-state index contributed by atoms with van der Waals surface area (Å²) in [4.78, 5) is 33.3. The molecule has 206 valence electrons. The zero-order valence-electron chi connectivity index (χ0n) is 25.4. The van der Waals surface area contributed by atoms with Crippen molar-refractivity contribution in [1.29, 1.82) is 0 Å². The minimum Gasteiger partial charge on any atom is -0.297 e. The summed E-state index contributed by atoms with van der Waals surface area (Å²) in [5, 5.41) is 0. The number of Topliss-reactive ketones (excluding diaryl/α,β-unsaturated/α-hetero) is 2. The average Bonchev–Trinajstić information content (AvgIpc) is 3.40. The van der Waals surface area contributed by atoms with Crippen LogP contribution in [0.25, 0.3) is 0 Å². The topological polar surface area (TPSA) is 40.6 Å². The highest BCUT2D eigenvalue weighted by atomic mass is 16.1. The number of fused-ring (bicyclic) bond motifs is 1. The highest BCUT2D eigenvalue weighted by Crippen LogP contribution is 2.53. The SMILES string of the molecule is C=CC[C@H]1CCN(C(C)(C)C)[C@@H]1C(=O)C(C)(C)CC1[C@@H]2CCC[C@@H]2[C@@H](C(=O)C(C)(C)C)N1C(C)(C)C. The van der Waals surface area contributed by atoms with Gasteiger partial charge in [-0.1, -0.05) is 47.1 Å². The molecule has 0 N–H and O–H groups in total. The highest BCUT2D eigenvalue weighted by molar-refractivity contribution is 5.91. The van der Waals surface area contributed by atoms with E-state index in [0.29, 0.717) is 29.3 Å². The van der Waals surface area contributed by atoms with Crippen molar-refractivity contribution in [3.05, 3.63) is 12.7 Å². The smallest absolute Gasteiger partial charge is 0.155 e. The standard InChI is InChI=1S/C32H56N2O2/c1-13-15-21-18-19-33(30(5,6)7)25(21)28(36)32(11,12)20-24-22-16-14-17-23(22)26(27(35)29(2,3)4)34(24)31(8,9)10/h13,21-26H,1,14-20H2,2-12H3/t21-,22+,23-,24?,25-,26-/m0/s1. The van der Waals surface area contributed by atoms with Gasteiger partial charge in [0.1, 0.15) is 0 Å². The van der Waals surface area contributed by atoms with Crippen molar-refractivity contribution in [3.63, 3.8) is 0 Å². The van der Waals surface area contributed by atoms with E-state index in [1.54, 1.807) is 0 Å². The van der Waals surface area contributed by atoms with Crippen LogP contribution in [0.15, 0.2) is 12.7 Å². The van der Waals surface area contributed by atoms with Crippen LogP contribution in [0.3, 0.4) is 0 Å². The molecule has 1 unspecified atom stereocenters. The Morgan fingerprint density at radius 3 is 1.89 bits per heavy atom. The van der Waals surface area contributed by atoms with Gasteiger partial charge >= 0.3 is 0 Å². The van der Waals surface area contributed by atoms with Crippen molar-refractivity contribution < 1.29 is 9.59 Å². The maximum Gasteiger partial charge on any atom is 0.155 e. The van der Waals surface area contributed by atoms with E-state index in [-0.39, 0.29) is 34.6 Å². The molecule has 1 aliphatic carbocycles. The quantitative estimate of drug-likeness (QED) is 0.356. The van der Waals surface area contributed by atoms with Gasteiger partial charge in [-0.05, 0) is 97.9 Å². The molecule has 2 saturated heterocycles. The van der Waals surface area contributed by atoms with Gasteiger partial charge in [-0.2, -0.15) is 0 Å². The molecule has 3 aliphatic rings. The average molecular weight is 501 g/mol.